The van der Waals surface area contributed by atoms with Crippen LogP contribution in [-0.2, 0) is 11.3 Å². The van der Waals surface area contributed by atoms with Gasteiger partial charge in [-0.05, 0) is 18.2 Å². The van der Waals surface area contributed by atoms with Gasteiger partial charge in [0.1, 0.15) is 0 Å². The Balaban J connectivity index is 1.64. The lowest BCUT2D eigenvalue weighted by Gasteiger charge is -2.34. The predicted molar refractivity (Wildman–Crippen MR) is 85.7 cm³/mol. The molecule has 21 heavy (non-hydrogen) atoms. The van der Waals surface area contributed by atoms with Crippen molar-refractivity contribution in [1.29, 1.82) is 0 Å². The molecule has 1 aromatic rings. The predicted octanol–water partition coefficient (Wildman–Crippen LogP) is 1.85. The molecule has 0 amide bonds. The first-order valence-electron chi connectivity index (χ1n) is 7.63. The van der Waals surface area contributed by atoms with Crippen LogP contribution in [0.4, 0.5) is 0 Å². The molecule has 118 valence electrons. The van der Waals surface area contributed by atoms with E-state index in [0.29, 0.717) is 24.8 Å². The monoisotopic (exact) mass is 312 g/mol. The second-order valence-electron chi connectivity index (χ2n) is 5.50. The summed E-state index contributed by atoms with van der Waals surface area (Å²) in [5, 5.41) is 10.8. The van der Waals surface area contributed by atoms with E-state index in [1.165, 1.54) is 0 Å². The molecule has 0 aromatic heterocycles. The number of rotatable bonds is 7. The number of ether oxygens (including phenoxy) is 1. The van der Waals surface area contributed by atoms with Crippen molar-refractivity contribution >= 4 is 11.6 Å². The zero-order valence-electron chi connectivity index (χ0n) is 12.7. The van der Waals surface area contributed by atoms with Crippen LogP contribution >= 0.6 is 11.6 Å². The highest BCUT2D eigenvalue weighted by atomic mass is 35.5. The minimum atomic E-state index is -0.444. The van der Waals surface area contributed by atoms with Crippen LogP contribution in [0.3, 0.4) is 0 Å². The van der Waals surface area contributed by atoms with Gasteiger partial charge in [0, 0.05) is 37.7 Å². The normalized spacial score (nSPS) is 18.8. The molecule has 0 bridgehead atoms. The van der Waals surface area contributed by atoms with Crippen LogP contribution < -0.4 is 0 Å². The Morgan fingerprint density at radius 3 is 2.52 bits per heavy atom. The summed E-state index contributed by atoms with van der Waals surface area (Å²) in [6, 6.07) is 7.63. The molecule has 0 aliphatic carbocycles. The lowest BCUT2D eigenvalue weighted by molar-refractivity contribution is 0.00179. The quantitative estimate of drug-likeness (QED) is 0.833. The molecule has 0 radical (unpaired) electrons. The molecule has 1 aliphatic rings. The summed E-state index contributed by atoms with van der Waals surface area (Å²) in [5.74, 6) is 0. The van der Waals surface area contributed by atoms with Gasteiger partial charge in [-0.2, -0.15) is 0 Å². The maximum atomic E-state index is 10.1. The van der Waals surface area contributed by atoms with Crippen LogP contribution in [0.1, 0.15) is 12.5 Å². The SMILES string of the molecule is CCN1CCN(C[C@@H](O)COCc2ccccc2Cl)CC1. The Hall–Kier alpha value is -0.650. The van der Waals surface area contributed by atoms with Crippen LogP contribution in [0.5, 0.6) is 0 Å². The average Bonchev–Trinajstić information content (AvgIpc) is 2.50. The number of aliphatic hydroxyl groups excluding tert-OH is 1. The summed E-state index contributed by atoms with van der Waals surface area (Å²) in [5.41, 5.74) is 0.961. The molecule has 1 atom stereocenters. The number of piperazine rings is 1. The number of nitrogens with zero attached hydrogens (tertiary/aromatic N) is 2. The van der Waals surface area contributed by atoms with E-state index in [2.05, 4.69) is 16.7 Å². The third-order valence-electron chi connectivity index (χ3n) is 3.91. The first-order chi connectivity index (χ1) is 10.2. The largest absolute Gasteiger partial charge is 0.389 e. The van der Waals surface area contributed by atoms with E-state index in [4.69, 9.17) is 16.3 Å². The minimum absolute atomic E-state index is 0.346. The fraction of sp³-hybridized carbons (Fsp3) is 0.625. The maximum Gasteiger partial charge on any atom is 0.0900 e. The van der Waals surface area contributed by atoms with Crippen LogP contribution in [0.25, 0.3) is 0 Å². The van der Waals surface area contributed by atoms with Gasteiger partial charge in [-0.15, -0.1) is 0 Å². The summed E-state index contributed by atoms with van der Waals surface area (Å²) in [6.45, 7) is 8.99. The molecule has 5 heteroatoms. The Morgan fingerprint density at radius 2 is 1.86 bits per heavy atom. The standard InChI is InChI=1S/C16H25ClN2O2/c1-2-18-7-9-19(10-8-18)11-15(20)13-21-12-14-5-3-4-6-16(14)17/h3-6,15,20H,2,7-13H2,1H3/t15-/m1/s1. The zero-order valence-corrected chi connectivity index (χ0v) is 13.4. The van der Waals surface area contributed by atoms with Crippen molar-refractivity contribution in [3.63, 3.8) is 0 Å². The van der Waals surface area contributed by atoms with Gasteiger partial charge in [0.05, 0.1) is 19.3 Å². The summed E-state index contributed by atoms with van der Waals surface area (Å²) in [4.78, 5) is 4.73. The van der Waals surface area contributed by atoms with Crippen LogP contribution in [-0.4, -0.2) is 66.9 Å². The van der Waals surface area contributed by atoms with Gasteiger partial charge in [-0.1, -0.05) is 36.7 Å². The lowest BCUT2D eigenvalue weighted by Crippen LogP contribution is -2.48. The zero-order chi connectivity index (χ0) is 15.1. The fourth-order valence-electron chi connectivity index (χ4n) is 2.56. The Labute approximate surface area is 132 Å². The smallest absolute Gasteiger partial charge is 0.0900 e. The molecule has 4 nitrogen and oxygen atoms in total. The van der Waals surface area contributed by atoms with Crippen molar-refractivity contribution in [2.24, 2.45) is 0 Å². The van der Waals surface area contributed by atoms with Crippen molar-refractivity contribution in [2.45, 2.75) is 19.6 Å². The maximum absolute atomic E-state index is 10.1. The molecule has 0 spiro atoms. The molecular weight excluding hydrogens is 288 g/mol. The molecule has 0 unspecified atom stereocenters. The summed E-state index contributed by atoms with van der Waals surface area (Å²) in [6.07, 6.45) is -0.444. The molecule has 2 rings (SSSR count). The van der Waals surface area contributed by atoms with Gasteiger partial charge in [-0.3, -0.25) is 4.90 Å². The Bertz CT molecular complexity index is 422. The molecule has 1 aromatic carbocycles. The van der Waals surface area contributed by atoms with Crippen molar-refractivity contribution in [2.75, 3.05) is 45.9 Å². The fourth-order valence-corrected chi connectivity index (χ4v) is 2.75. The van der Waals surface area contributed by atoms with Gasteiger partial charge in [-0.25, -0.2) is 0 Å². The first kappa shape index (κ1) is 16.7. The van der Waals surface area contributed by atoms with Crippen molar-refractivity contribution in [3.05, 3.63) is 34.9 Å². The van der Waals surface area contributed by atoms with E-state index >= 15 is 0 Å². The highest BCUT2D eigenvalue weighted by Crippen LogP contribution is 2.15. The summed E-state index contributed by atoms with van der Waals surface area (Å²) >= 11 is 6.07. The van der Waals surface area contributed by atoms with Crippen molar-refractivity contribution < 1.29 is 9.84 Å². The molecule has 1 fully saturated rings. The molecule has 1 N–H and O–H groups in total. The molecule has 1 aliphatic heterocycles. The van der Waals surface area contributed by atoms with Gasteiger partial charge in [0.2, 0.25) is 0 Å². The van der Waals surface area contributed by atoms with Crippen LogP contribution in [0, 0.1) is 0 Å². The summed E-state index contributed by atoms with van der Waals surface area (Å²) < 4.78 is 5.57. The van der Waals surface area contributed by atoms with Gasteiger partial charge in [0.25, 0.3) is 0 Å². The van der Waals surface area contributed by atoms with E-state index in [1.54, 1.807) is 0 Å². The first-order valence-corrected chi connectivity index (χ1v) is 8.00. The number of hydrogen-bond donors (Lipinski definition) is 1. The minimum Gasteiger partial charge on any atom is -0.389 e. The topological polar surface area (TPSA) is 35.9 Å². The highest BCUT2D eigenvalue weighted by molar-refractivity contribution is 6.31. The lowest BCUT2D eigenvalue weighted by atomic mass is 10.2. The van der Waals surface area contributed by atoms with E-state index in [1.807, 2.05) is 24.3 Å². The number of aliphatic hydroxyl groups is 1. The van der Waals surface area contributed by atoms with Crippen molar-refractivity contribution in [1.82, 2.24) is 9.80 Å². The van der Waals surface area contributed by atoms with Crippen LogP contribution in [0.15, 0.2) is 24.3 Å². The van der Waals surface area contributed by atoms with E-state index in [-0.39, 0.29) is 0 Å². The second-order valence-corrected chi connectivity index (χ2v) is 5.90. The third kappa shape index (κ3) is 5.57. The second kappa shape index (κ2) is 8.71. The molecule has 1 saturated heterocycles. The Kier molecular flexibility index (Phi) is 6.93. The summed E-state index contributed by atoms with van der Waals surface area (Å²) in [7, 11) is 0. The van der Waals surface area contributed by atoms with Gasteiger partial charge >= 0.3 is 0 Å². The average molecular weight is 313 g/mol. The van der Waals surface area contributed by atoms with Crippen molar-refractivity contribution in [3.8, 4) is 0 Å². The van der Waals surface area contributed by atoms with Crippen LogP contribution in [0.2, 0.25) is 5.02 Å². The number of halogens is 1. The number of β-amino-alcohol motifs (C(OH)–C–C–N with tert-alkyl or cyclic N) is 1. The van der Waals surface area contributed by atoms with E-state index in [9.17, 15) is 5.11 Å². The number of hydrogen-bond acceptors (Lipinski definition) is 4. The highest BCUT2D eigenvalue weighted by Gasteiger charge is 2.18. The third-order valence-corrected chi connectivity index (χ3v) is 4.28. The van der Waals surface area contributed by atoms with E-state index < -0.39 is 6.10 Å². The number of benzene rings is 1. The van der Waals surface area contributed by atoms with Gasteiger partial charge < -0.3 is 14.7 Å². The molecule has 0 saturated carbocycles. The van der Waals surface area contributed by atoms with E-state index in [0.717, 1.165) is 38.3 Å². The van der Waals surface area contributed by atoms with Gasteiger partial charge in [0.15, 0.2) is 0 Å². The molecule has 1 heterocycles. The number of likely N-dealkylation sites (N-methyl/N-ethyl adjacent to an activating group) is 1. The molecular formula is C16H25ClN2O2. The Morgan fingerprint density at radius 1 is 1.19 bits per heavy atom.